The zero-order valence-electron chi connectivity index (χ0n) is 26.1. The topological polar surface area (TPSA) is 30.7 Å². The molecule has 228 valence electrons. The van der Waals surface area contributed by atoms with Crippen LogP contribution in [0.2, 0.25) is 0 Å². The van der Waals surface area contributed by atoms with Gasteiger partial charge < -0.3 is 0 Å². The normalized spacial score (nSPS) is 12.1. The lowest BCUT2D eigenvalue weighted by Crippen LogP contribution is -2.03. The van der Waals surface area contributed by atoms with Gasteiger partial charge in [-0.1, -0.05) is 127 Å². The molecule has 3 nitrogen and oxygen atoms in total. The highest BCUT2D eigenvalue weighted by Crippen LogP contribution is 2.44. The average molecular weight is 660 g/mol. The molecule has 0 aliphatic carbocycles. The Morgan fingerprint density at radius 3 is 2.02 bits per heavy atom. The van der Waals surface area contributed by atoms with Crippen LogP contribution >= 0.6 is 22.7 Å². The number of hydrogen-bond donors (Lipinski definition) is 0. The van der Waals surface area contributed by atoms with Gasteiger partial charge in [-0.3, -0.25) is 4.57 Å². The van der Waals surface area contributed by atoms with Crippen molar-refractivity contribution in [2.75, 3.05) is 0 Å². The summed E-state index contributed by atoms with van der Waals surface area (Å²) < 4.78 is 6.15. The molecule has 11 aromatic rings. The van der Waals surface area contributed by atoms with Gasteiger partial charge in [0, 0.05) is 46.6 Å². The molecule has 7 aromatic carbocycles. The Morgan fingerprint density at radius 2 is 1.14 bits per heavy atom. The number of para-hydroxylation sites is 1. The summed E-state index contributed by atoms with van der Waals surface area (Å²) >= 11 is 3.59. The maximum atomic E-state index is 5.54. The summed E-state index contributed by atoms with van der Waals surface area (Å²) in [6.45, 7) is 0. The first kappa shape index (κ1) is 27.1. The van der Waals surface area contributed by atoms with Gasteiger partial charge in [0.25, 0.3) is 0 Å². The lowest BCUT2D eigenvalue weighted by atomic mass is 10.0. The SMILES string of the molecule is c1ccc(-c2ccc(-c3nc4sc5ccccc5c4nc3-n3c4ccccc4c4cc5c(cc43)sc3c4ccccc4ccc53)cc2)cc1. The van der Waals surface area contributed by atoms with Gasteiger partial charge in [-0.15, -0.1) is 22.7 Å². The van der Waals surface area contributed by atoms with E-state index < -0.39 is 0 Å². The Kier molecular flexibility index (Phi) is 5.70. The van der Waals surface area contributed by atoms with E-state index in [2.05, 4.69) is 156 Å². The van der Waals surface area contributed by atoms with Crippen LogP contribution in [0.1, 0.15) is 0 Å². The van der Waals surface area contributed by atoms with Crippen molar-refractivity contribution in [3.8, 4) is 28.2 Å². The Bertz CT molecular complexity index is 3090. The van der Waals surface area contributed by atoms with Gasteiger partial charge in [0.15, 0.2) is 5.82 Å². The van der Waals surface area contributed by atoms with Crippen molar-refractivity contribution in [2.24, 2.45) is 0 Å². The molecule has 49 heavy (non-hydrogen) atoms. The van der Waals surface area contributed by atoms with Gasteiger partial charge in [0.05, 0.1) is 11.0 Å². The van der Waals surface area contributed by atoms with Crippen LogP contribution in [0.15, 0.2) is 152 Å². The Balaban J connectivity index is 1.23. The van der Waals surface area contributed by atoms with Crippen LogP contribution in [0, 0.1) is 0 Å². The third-order valence-corrected chi connectivity index (χ3v) is 12.1. The molecule has 11 rings (SSSR count). The summed E-state index contributed by atoms with van der Waals surface area (Å²) in [5.74, 6) is 0.848. The van der Waals surface area contributed by atoms with E-state index in [1.807, 2.05) is 11.3 Å². The highest BCUT2D eigenvalue weighted by atomic mass is 32.1. The van der Waals surface area contributed by atoms with Crippen molar-refractivity contribution in [3.05, 3.63) is 152 Å². The van der Waals surface area contributed by atoms with E-state index in [0.717, 1.165) is 43.8 Å². The molecule has 0 unspecified atom stereocenters. The summed E-state index contributed by atoms with van der Waals surface area (Å²) in [6, 6.07) is 54.6. The molecule has 0 radical (unpaired) electrons. The molecule has 5 heteroatoms. The molecule has 0 aliphatic rings. The molecule has 0 fully saturated rings. The summed E-state index contributed by atoms with van der Waals surface area (Å²) in [5.41, 5.74) is 7.51. The minimum atomic E-state index is 0.848. The van der Waals surface area contributed by atoms with E-state index in [4.69, 9.17) is 9.97 Å². The minimum Gasteiger partial charge on any atom is -0.292 e. The summed E-state index contributed by atoms with van der Waals surface area (Å²) in [6.07, 6.45) is 0. The summed E-state index contributed by atoms with van der Waals surface area (Å²) in [4.78, 5) is 11.9. The maximum absolute atomic E-state index is 5.54. The smallest absolute Gasteiger partial charge is 0.165 e. The fourth-order valence-corrected chi connectivity index (χ4v) is 9.78. The van der Waals surface area contributed by atoms with Gasteiger partial charge >= 0.3 is 0 Å². The van der Waals surface area contributed by atoms with Crippen molar-refractivity contribution in [2.45, 2.75) is 0 Å². The van der Waals surface area contributed by atoms with Crippen molar-refractivity contribution < 1.29 is 0 Å². The second-order valence-electron chi connectivity index (χ2n) is 12.6. The molecule has 0 bridgehead atoms. The number of hydrogen-bond acceptors (Lipinski definition) is 4. The van der Waals surface area contributed by atoms with Crippen molar-refractivity contribution >= 4 is 95.9 Å². The van der Waals surface area contributed by atoms with Crippen LogP contribution in [-0.2, 0) is 0 Å². The molecule has 0 saturated carbocycles. The van der Waals surface area contributed by atoms with Gasteiger partial charge in [-0.2, -0.15) is 0 Å². The van der Waals surface area contributed by atoms with Gasteiger partial charge in [0.1, 0.15) is 16.0 Å². The van der Waals surface area contributed by atoms with Gasteiger partial charge in [-0.05, 0) is 46.2 Å². The molecular weight excluding hydrogens is 635 g/mol. The monoisotopic (exact) mass is 659 g/mol. The number of fused-ring (bicyclic) bond motifs is 11. The average Bonchev–Trinajstić information content (AvgIpc) is 3.82. The van der Waals surface area contributed by atoms with Crippen molar-refractivity contribution in [1.29, 1.82) is 0 Å². The van der Waals surface area contributed by atoms with E-state index in [1.165, 1.54) is 57.5 Å². The molecule has 0 atom stereocenters. The molecular formula is C44H25N3S2. The van der Waals surface area contributed by atoms with Crippen molar-refractivity contribution in [1.82, 2.24) is 14.5 Å². The summed E-state index contributed by atoms with van der Waals surface area (Å²) in [5, 5.41) is 8.75. The standard InChI is InChI=1S/C44H25N3S2/c1-2-10-26(11-3-1)27-18-20-29(21-19-27)40-43(45-41-33-15-7-9-17-38(33)49-44(41)46-40)47-36-16-8-6-14-31(36)34-24-35-32-23-22-28-12-4-5-13-30(28)42(32)48-39(35)25-37(34)47/h1-25H. The number of nitrogens with zero attached hydrogens (tertiary/aromatic N) is 3. The van der Waals surface area contributed by atoms with Crippen LogP contribution in [0.25, 0.3) is 101 Å². The van der Waals surface area contributed by atoms with E-state index >= 15 is 0 Å². The summed E-state index contributed by atoms with van der Waals surface area (Å²) in [7, 11) is 0. The Labute approximate surface area is 289 Å². The largest absolute Gasteiger partial charge is 0.292 e. The van der Waals surface area contributed by atoms with E-state index in [9.17, 15) is 0 Å². The molecule has 4 aromatic heterocycles. The van der Waals surface area contributed by atoms with E-state index in [-0.39, 0.29) is 0 Å². The number of rotatable bonds is 3. The van der Waals surface area contributed by atoms with E-state index in [1.54, 1.807) is 11.3 Å². The highest BCUT2D eigenvalue weighted by Gasteiger charge is 2.22. The van der Waals surface area contributed by atoms with Crippen LogP contribution < -0.4 is 0 Å². The van der Waals surface area contributed by atoms with Crippen LogP contribution in [-0.4, -0.2) is 14.5 Å². The molecule has 0 saturated heterocycles. The number of thiophene rings is 2. The second kappa shape index (κ2) is 10.3. The Hall–Kier alpha value is -5.88. The third-order valence-electron chi connectivity index (χ3n) is 9.83. The minimum absolute atomic E-state index is 0.848. The maximum Gasteiger partial charge on any atom is 0.165 e. The van der Waals surface area contributed by atoms with Crippen LogP contribution in [0.5, 0.6) is 0 Å². The van der Waals surface area contributed by atoms with Crippen LogP contribution in [0.3, 0.4) is 0 Å². The molecule has 0 N–H and O–H groups in total. The predicted molar refractivity (Wildman–Crippen MR) is 211 cm³/mol. The third kappa shape index (κ3) is 4.00. The molecule has 0 amide bonds. The molecule has 0 aliphatic heterocycles. The first-order valence-corrected chi connectivity index (χ1v) is 18.0. The number of aromatic nitrogens is 3. The highest BCUT2D eigenvalue weighted by molar-refractivity contribution is 7.26. The molecule has 4 heterocycles. The first-order chi connectivity index (χ1) is 24.3. The van der Waals surface area contributed by atoms with Gasteiger partial charge in [-0.25, -0.2) is 9.97 Å². The quantitative estimate of drug-likeness (QED) is 0.189. The lowest BCUT2D eigenvalue weighted by Gasteiger charge is -2.13. The fraction of sp³-hybridized carbons (Fsp3) is 0. The van der Waals surface area contributed by atoms with Gasteiger partial charge in [0.2, 0.25) is 0 Å². The first-order valence-electron chi connectivity index (χ1n) is 16.4. The van der Waals surface area contributed by atoms with E-state index in [0.29, 0.717) is 0 Å². The predicted octanol–water partition coefficient (Wildman–Crippen LogP) is 12.8. The molecule has 0 spiro atoms. The second-order valence-corrected chi connectivity index (χ2v) is 14.7. The zero-order valence-corrected chi connectivity index (χ0v) is 27.7. The van der Waals surface area contributed by atoms with Crippen molar-refractivity contribution in [3.63, 3.8) is 0 Å². The fourth-order valence-electron chi connectivity index (χ4n) is 7.51. The zero-order chi connectivity index (χ0) is 32.1. The lowest BCUT2D eigenvalue weighted by molar-refractivity contribution is 1.09. The van der Waals surface area contributed by atoms with Crippen LogP contribution in [0.4, 0.5) is 0 Å². The Morgan fingerprint density at radius 1 is 0.429 bits per heavy atom. The number of benzene rings is 7.